The van der Waals surface area contributed by atoms with Crippen LogP contribution in [0.2, 0.25) is 0 Å². The van der Waals surface area contributed by atoms with E-state index >= 15 is 0 Å². The van der Waals surface area contributed by atoms with Gasteiger partial charge in [-0.25, -0.2) is 9.37 Å². The summed E-state index contributed by atoms with van der Waals surface area (Å²) in [7, 11) is 2.02. The molecule has 0 radical (unpaired) electrons. The Labute approximate surface area is 203 Å². The average Bonchev–Trinajstić information content (AvgIpc) is 2.85. The summed E-state index contributed by atoms with van der Waals surface area (Å²) in [4.78, 5) is 33.9. The van der Waals surface area contributed by atoms with Gasteiger partial charge in [-0.15, -0.1) is 0 Å². The first-order chi connectivity index (χ1) is 16.8. The summed E-state index contributed by atoms with van der Waals surface area (Å²) in [5.74, 6) is -1.26. The summed E-state index contributed by atoms with van der Waals surface area (Å²) in [6.45, 7) is 4.94. The molecule has 1 saturated heterocycles. The fourth-order valence-corrected chi connectivity index (χ4v) is 3.76. The number of rotatable bonds is 5. The molecule has 4 rings (SSSR count). The molecule has 180 valence electrons. The molecule has 35 heavy (non-hydrogen) atoms. The number of aromatic nitrogens is 1. The van der Waals surface area contributed by atoms with Gasteiger partial charge in [0.25, 0.3) is 11.8 Å². The predicted octanol–water partition coefficient (Wildman–Crippen LogP) is 3.61. The number of carbonyl (C=O) groups is 2. The molecule has 0 saturated carbocycles. The normalized spacial score (nSPS) is 13.9. The summed E-state index contributed by atoms with van der Waals surface area (Å²) in [6, 6.07) is 14.1. The zero-order valence-electron chi connectivity index (χ0n) is 19.6. The van der Waals surface area contributed by atoms with Crippen LogP contribution in [-0.2, 0) is 0 Å². The molecular formula is C26H27FN6O2. The molecule has 2 aromatic carbocycles. The van der Waals surface area contributed by atoms with Crippen molar-refractivity contribution in [3.63, 3.8) is 0 Å². The lowest BCUT2D eigenvalue weighted by molar-refractivity contribution is 0.102. The quantitative estimate of drug-likeness (QED) is 0.387. The Morgan fingerprint density at radius 2 is 1.66 bits per heavy atom. The summed E-state index contributed by atoms with van der Waals surface area (Å²) in [5, 5.41) is 13.7. The van der Waals surface area contributed by atoms with E-state index in [0.29, 0.717) is 24.5 Å². The molecule has 2 heterocycles. The van der Waals surface area contributed by atoms with E-state index in [0.717, 1.165) is 18.7 Å². The van der Waals surface area contributed by atoms with Gasteiger partial charge in [0.2, 0.25) is 0 Å². The van der Waals surface area contributed by atoms with Gasteiger partial charge in [0, 0.05) is 37.9 Å². The number of amidine groups is 1. The van der Waals surface area contributed by atoms with Crippen LogP contribution in [0, 0.1) is 18.2 Å². The Morgan fingerprint density at radius 1 is 0.943 bits per heavy atom. The minimum absolute atomic E-state index is 0.171. The number of likely N-dealkylation sites (N-methyl/N-ethyl adjacent to an activating group) is 1. The number of nitrogens with one attached hydrogen (secondary N) is 3. The van der Waals surface area contributed by atoms with Gasteiger partial charge in [-0.2, -0.15) is 0 Å². The third-order valence-electron chi connectivity index (χ3n) is 5.88. The number of aryl methyl sites for hydroxylation is 1. The van der Waals surface area contributed by atoms with Crippen LogP contribution in [0.25, 0.3) is 0 Å². The van der Waals surface area contributed by atoms with Crippen LogP contribution in [0.5, 0.6) is 0 Å². The summed E-state index contributed by atoms with van der Waals surface area (Å²) in [6.07, 6.45) is 1.64. The second-order valence-corrected chi connectivity index (χ2v) is 8.51. The minimum Gasteiger partial charge on any atom is -0.354 e. The molecular weight excluding hydrogens is 447 g/mol. The van der Waals surface area contributed by atoms with Gasteiger partial charge in [-0.3, -0.25) is 15.0 Å². The minimum atomic E-state index is -0.732. The summed E-state index contributed by atoms with van der Waals surface area (Å²) in [5.41, 5.74) is 1.67. The molecule has 1 aliphatic rings. The Balaban J connectivity index is 1.47. The first kappa shape index (κ1) is 24.0. The number of para-hydroxylation sites is 1. The summed E-state index contributed by atoms with van der Waals surface area (Å²) >= 11 is 0. The van der Waals surface area contributed by atoms with Crippen molar-refractivity contribution in [2.45, 2.75) is 6.92 Å². The number of piperazine rings is 1. The molecule has 1 aliphatic heterocycles. The third-order valence-corrected chi connectivity index (χ3v) is 5.88. The highest BCUT2D eigenvalue weighted by Crippen LogP contribution is 2.20. The molecule has 1 fully saturated rings. The lowest BCUT2D eigenvalue weighted by Gasteiger charge is -2.34. The van der Waals surface area contributed by atoms with Gasteiger partial charge in [0.15, 0.2) is 0 Å². The number of benzene rings is 2. The molecule has 0 unspecified atom stereocenters. The second kappa shape index (κ2) is 10.4. The van der Waals surface area contributed by atoms with Gasteiger partial charge in [-0.05, 0) is 49.9 Å². The van der Waals surface area contributed by atoms with E-state index in [4.69, 9.17) is 5.41 Å². The number of pyridine rings is 1. The topological polar surface area (TPSA) is 101 Å². The number of hydrogen-bond acceptors (Lipinski definition) is 5. The molecule has 0 aliphatic carbocycles. The Bertz CT molecular complexity index is 1250. The van der Waals surface area contributed by atoms with Gasteiger partial charge >= 0.3 is 0 Å². The highest BCUT2D eigenvalue weighted by atomic mass is 19.1. The molecule has 3 aromatic rings. The fourth-order valence-electron chi connectivity index (χ4n) is 3.76. The fraction of sp³-hybridized carbons (Fsp3) is 0.231. The number of amides is 2. The molecule has 9 heteroatoms. The maximum absolute atomic E-state index is 14.9. The first-order valence-electron chi connectivity index (χ1n) is 11.3. The van der Waals surface area contributed by atoms with E-state index in [1.807, 2.05) is 24.9 Å². The highest BCUT2D eigenvalue weighted by molar-refractivity contribution is 6.12. The lowest BCUT2D eigenvalue weighted by Crippen LogP contribution is -2.47. The Kier molecular flexibility index (Phi) is 7.17. The number of carbonyl (C=O) groups excluding carboxylic acids is 2. The van der Waals surface area contributed by atoms with Crippen LogP contribution in [0.1, 0.15) is 31.8 Å². The molecule has 0 bridgehead atoms. The number of halogens is 1. The molecule has 8 nitrogen and oxygen atoms in total. The molecule has 0 spiro atoms. The SMILES string of the molecule is Cc1ccc(NC(=O)c2ccccc2NC(=O)c2ccc(C(=N)N3CCN(C)CC3)cc2F)nc1. The largest absolute Gasteiger partial charge is 0.354 e. The third kappa shape index (κ3) is 5.70. The van der Waals surface area contributed by atoms with Crippen molar-refractivity contribution in [3.8, 4) is 0 Å². The maximum Gasteiger partial charge on any atom is 0.258 e. The van der Waals surface area contributed by atoms with Crippen molar-refractivity contribution in [2.75, 3.05) is 43.9 Å². The number of nitrogens with zero attached hydrogens (tertiary/aromatic N) is 3. The van der Waals surface area contributed by atoms with Crippen molar-refractivity contribution >= 4 is 29.2 Å². The smallest absolute Gasteiger partial charge is 0.258 e. The predicted molar refractivity (Wildman–Crippen MR) is 134 cm³/mol. The first-order valence-corrected chi connectivity index (χ1v) is 11.3. The van der Waals surface area contributed by atoms with Crippen molar-refractivity contribution in [2.24, 2.45) is 0 Å². The Morgan fingerprint density at radius 3 is 2.34 bits per heavy atom. The van der Waals surface area contributed by atoms with Gasteiger partial charge in [0.05, 0.1) is 16.8 Å². The van der Waals surface area contributed by atoms with Crippen molar-refractivity contribution in [3.05, 3.63) is 88.9 Å². The van der Waals surface area contributed by atoms with Crippen LogP contribution in [0.3, 0.4) is 0 Å². The molecule has 0 atom stereocenters. The van der Waals surface area contributed by atoms with Crippen LogP contribution >= 0.6 is 0 Å². The summed E-state index contributed by atoms with van der Waals surface area (Å²) < 4.78 is 14.9. The highest BCUT2D eigenvalue weighted by Gasteiger charge is 2.21. The monoisotopic (exact) mass is 474 g/mol. The van der Waals surface area contributed by atoms with E-state index in [1.54, 1.807) is 42.6 Å². The Hall–Kier alpha value is -4.11. The van der Waals surface area contributed by atoms with Gasteiger partial charge < -0.3 is 20.4 Å². The van der Waals surface area contributed by atoms with E-state index < -0.39 is 17.6 Å². The zero-order valence-corrected chi connectivity index (χ0v) is 19.6. The van der Waals surface area contributed by atoms with Crippen LogP contribution in [0.4, 0.5) is 15.9 Å². The van der Waals surface area contributed by atoms with Gasteiger partial charge in [-0.1, -0.05) is 24.3 Å². The second-order valence-electron chi connectivity index (χ2n) is 8.51. The molecule has 3 N–H and O–H groups in total. The average molecular weight is 475 g/mol. The van der Waals surface area contributed by atoms with E-state index in [9.17, 15) is 14.0 Å². The number of anilines is 2. The molecule has 1 aromatic heterocycles. The zero-order chi connectivity index (χ0) is 24.9. The van der Waals surface area contributed by atoms with Crippen molar-refractivity contribution < 1.29 is 14.0 Å². The van der Waals surface area contributed by atoms with Crippen LogP contribution in [0.15, 0.2) is 60.8 Å². The van der Waals surface area contributed by atoms with E-state index in [1.165, 1.54) is 12.1 Å². The van der Waals surface area contributed by atoms with E-state index in [2.05, 4.69) is 20.5 Å². The van der Waals surface area contributed by atoms with Crippen LogP contribution < -0.4 is 10.6 Å². The standard InChI is InChI=1S/C26H27FN6O2/c1-17-7-10-23(29-16-17)31-26(35)20-5-3-4-6-22(20)30-25(34)19-9-8-18(15-21(19)27)24(28)33-13-11-32(2)12-14-33/h3-10,15-16,28H,11-14H2,1-2H3,(H,30,34)(H,29,31,35). The number of hydrogen-bond donors (Lipinski definition) is 3. The maximum atomic E-state index is 14.9. The van der Waals surface area contributed by atoms with Crippen molar-refractivity contribution in [1.82, 2.24) is 14.8 Å². The van der Waals surface area contributed by atoms with Crippen molar-refractivity contribution in [1.29, 1.82) is 5.41 Å². The van der Waals surface area contributed by atoms with E-state index in [-0.39, 0.29) is 22.6 Å². The molecule has 2 amide bonds. The van der Waals surface area contributed by atoms with Crippen LogP contribution in [-0.4, -0.2) is 65.7 Å². The van der Waals surface area contributed by atoms with Gasteiger partial charge in [0.1, 0.15) is 17.5 Å². The lowest BCUT2D eigenvalue weighted by atomic mass is 10.1.